The van der Waals surface area contributed by atoms with Gasteiger partial charge in [-0.05, 0) is 41.2 Å². The highest BCUT2D eigenvalue weighted by atomic mass is 16.4. The molecule has 0 aromatic heterocycles. The smallest absolute Gasteiger partial charge is 0.335 e. The third kappa shape index (κ3) is 3.92. The average molecular weight is 283 g/mol. The second kappa shape index (κ2) is 6.55. The minimum Gasteiger partial charge on any atom is -0.478 e. The molecule has 0 amide bonds. The molecule has 0 aliphatic heterocycles. The van der Waals surface area contributed by atoms with Gasteiger partial charge < -0.3 is 10.8 Å². The second-order valence-corrected chi connectivity index (χ2v) is 5.69. The lowest BCUT2D eigenvalue weighted by Crippen LogP contribution is -2.28. The molecule has 0 heterocycles. The minimum atomic E-state index is -0.906. The summed E-state index contributed by atoms with van der Waals surface area (Å²) in [6.45, 7) is 4.24. The maximum atomic E-state index is 11.0. The van der Waals surface area contributed by atoms with Crippen LogP contribution in [0.4, 0.5) is 0 Å². The zero-order valence-electron chi connectivity index (χ0n) is 12.4. The van der Waals surface area contributed by atoms with Crippen LogP contribution in [0.5, 0.6) is 0 Å². The molecule has 2 aromatic carbocycles. The van der Waals surface area contributed by atoms with Gasteiger partial charge in [-0.15, -0.1) is 0 Å². The zero-order valence-corrected chi connectivity index (χ0v) is 12.4. The van der Waals surface area contributed by atoms with Gasteiger partial charge in [-0.1, -0.05) is 50.2 Å². The van der Waals surface area contributed by atoms with Crippen molar-refractivity contribution in [3.8, 4) is 11.1 Å². The molecular formula is C18H21NO2. The standard InChI is InChI=1S/C18H21NO2/c1-12(2)17(19)10-13-6-8-14(9-7-13)15-4-3-5-16(11-15)18(20)21/h3-9,11-12,17H,10,19H2,1-2H3,(H,20,21). The van der Waals surface area contributed by atoms with Crippen molar-refractivity contribution in [3.63, 3.8) is 0 Å². The van der Waals surface area contributed by atoms with Gasteiger partial charge in [0, 0.05) is 6.04 Å². The highest BCUT2D eigenvalue weighted by Crippen LogP contribution is 2.21. The summed E-state index contributed by atoms with van der Waals surface area (Å²) in [4.78, 5) is 11.0. The van der Waals surface area contributed by atoms with E-state index in [1.54, 1.807) is 18.2 Å². The molecule has 0 spiro atoms. The largest absolute Gasteiger partial charge is 0.478 e. The van der Waals surface area contributed by atoms with E-state index in [2.05, 4.69) is 26.0 Å². The molecule has 0 aliphatic carbocycles. The van der Waals surface area contributed by atoms with Crippen LogP contribution in [0.25, 0.3) is 11.1 Å². The van der Waals surface area contributed by atoms with Crippen LogP contribution in [0.15, 0.2) is 48.5 Å². The van der Waals surface area contributed by atoms with E-state index in [1.807, 2.05) is 18.2 Å². The molecule has 0 bridgehead atoms. The molecule has 0 radical (unpaired) electrons. The summed E-state index contributed by atoms with van der Waals surface area (Å²) in [5.41, 5.74) is 9.52. The molecule has 3 nitrogen and oxygen atoms in total. The molecule has 2 rings (SSSR count). The average Bonchev–Trinajstić information content (AvgIpc) is 2.48. The Hall–Kier alpha value is -2.13. The number of carbonyl (C=O) groups is 1. The molecular weight excluding hydrogens is 262 g/mol. The molecule has 3 heteroatoms. The number of carboxylic acid groups (broad SMARTS) is 1. The van der Waals surface area contributed by atoms with Crippen LogP contribution >= 0.6 is 0 Å². The summed E-state index contributed by atoms with van der Waals surface area (Å²) in [5, 5.41) is 9.04. The molecule has 0 saturated heterocycles. The highest BCUT2D eigenvalue weighted by molar-refractivity contribution is 5.89. The third-order valence-corrected chi connectivity index (χ3v) is 3.72. The number of benzene rings is 2. The van der Waals surface area contributed by atoms with Crippen LogP contribution < -0.4 is 5.73 Å². The molecule has 3 N–H and O–H groups in total. The molecule has 1 unspecified atom stereocenters. The Balaban J connectivity index is 2.19. The second-order valence-electron chi connectivity index (χ2n) is 5.69. The fraction of sp³-hybridized carbons (Fsp3) is 0.278. The van der Waals surface area contributed by atoms with Crippen LogP contribution in [-0.4, -0.2) is 17.1 Å². The van der Waals surface area contributed by atoms with E-state index in [1.165, 1.54) is 5.56 Å². The summed E-state index contributed by atoms with van der Waals surface area (Å²) in [7, 11) is 0. The first-order valence-corrected chi connectivity index (χ1v) is 7.15. The van der Waals surface area contributed by atoms with Gasteiger partial charge in [0.1, 0.15) is 0 Å². The summed E-state index contributed by atoms with van der Waals surface area (Å²) in [6, 6.07) is 15.3. The Morgan fingerprint density at radius 1 is 1.10 bits per heavy atom. The SMILES string of the molecule is CC(C)C(N)Cc1ccc(-c2cccc(C(=O)O)c2)cc1. The van der Waals surface area contributed by atoms with Gasteiger partial charge in [0.25, 0.3) is 0 Å². The Bertz CT molecular complexity index is 617. The number of carboxylic acids is 1. The maximum Gasteiger partial charge on any atom is 0.335 e. The predicted octanol–water partition coefficient (Wildman–Crippen LogP) is 3.58. The number of rotatable bonds is 5. The fourth-order valence-electron chi connectivity index (χ4n) is 2.17. The van der Waals surface area contributed by atoms with Crippen molar-refractivity contribution in [2.45, 2.75) is 26.3 Å². The van der Waals surface area contributed by atoms with Gasteiger partial charge in [0.2, 0.25) is 0 Å². The van der Waals surface area contributed by atoms with E-state index in [4.69, 9.17) is 10.8 Å². The normalized spacial score (nSPS) is 12.4. The monoisotopic (exact) mass is 283 g/mol. The van der Waals surface area contributed by atoms with E-state index >= 15 is 0 Å². The van der Waals surface area contributed by atoms with Crippen molar-refractivity contribution < 1.29 is 9.90 Å². The Morgan fingerprint density at radius 2 is 1.76 bits per heavy atom. The lowest BCUT2D eigenvalue weighted by molar-refractivity contribution is 0.0697. The van der Waals surface area contributed by atoms with Crippen LogP contribution in [0, 0.1) is 5.92 Å². The Kier molecular flexibility index (Phi) is 4.76. The summed E-state index contributed by atoms with van der Waals surface area (Å²) < 4.78 is 0. The van der Waals surface area contributed by atoms with Gasteiger partial charge in [-0.2, -0.15) is 0 Å². The first-order chi connectivity index (χ1) is 9.97. The van der Waals surface area contributed by atoms with Gasteiger partial charge in [0.15, 0.2) is 0 Å². The van der Waals surface area contributed by atoms with Crippen molar-refractivity contribution in [2.75, 3.05) is 0 Å². The molecule has 0 saturated carbocycles. The number of nitrogens with two attached hydrogens (primary N) is 1. The van der Waals surface area contributed by atoms with Gasteiger partial charge in [-0.25, -0.2) is 4.79 Å². The van der Waals surface area contributed by atoms with Crippen LogP contribution in [0.3, 0.4) is 0 Å². The minimum absolute atomic E-state index is 0.159. The van der Waals surface area contributed by atoms with Crippen molar-refractivity contribution >= 4 is 5.97 Å². The predicted molar refractivity (Wildman–Crippen MR) is 85.4 cm³/mol. The van der Waals surface area contributed by atoms with Gasteiger partial charge >= 0.3 is 5.97 Å². The van der Waals surface area contributed by atoms with Gasteiger partial charge in [-0.3, -0.25) is 0 Å². The third-order valence-electron chi connectivity index (χ3n) is 3.72. The molecule has 21 heavy (non-hydrogen) atoms. The first-order valence-electron chi connectivity index (χ1n) is 7.15. The van der Waals surface area contributed by atoms with E-state index in [0.29, 0.717) is 11.5 Å². The van der Waals surface area contributed by atoms with Crippen LogP contribution in [0.1, 0.15) is 29.8 Å². The summed E-state index contributed by atoms with van der Waals surface area (Å²) >= 11 is 0. The summed E-state index contributed by atoms with van der Waals surface area (Å²) in [5.74, 6) is -0.451. The highest BCUT2D eigenvalue weighted by Gasteiger charge is 2.09. The van der Waals surface area contributed by atoms with Crippen molar-refractivity contribution in [1.82, 2.24) is 0 Å². The molecule has 0 fully saturated rings. The summed E-state index contributed by atoms with van der Waals surface area (Å²) in [6.07, 6.45) is 0.854. The van der Waals surface area contributed by atoms with E-state index in [9.17, 15) is 4.79 Å². The van der Waals surface area contributed by atoms with Crippen LogP contribution in [-0.2, 0) is 6.42 Å². The topological polar surface area (TPSA) is 63.3 Å². The first kappa shape index (κ1) is 15.3. The van der Waals surface area contributed by atoms with E-state index < -0.39 is 5.97 Å². The van der Waals surface area contributed by atoms with Crippen LogP contribution in [0.2, 0.25) is 0 Å². The maximum absolute atomic E-state index is 11.0. The number of hydrogen-bond acceptors (Lipinski definition) is 2. The molecule has 110 valence electrons. The quantitative estimate of drug-likeness (QED) is 0.881. The van der Waals surface area contributed by atoms with Crippen molar-refractivity contribution in [1.29, 1.82) is 0 Å². The number of hydrogen-bond donors (Lipinski definition) is 2. The zero-order chi connectivity index (χ0) is 15.4. The van der Waals surface area contributed by atoms with Gasteiger partial charge in [0.05, 0.1) is 5.56 Å². The van der Waals surface area contributed by atoms with Crippen molar-refractivity contribution in [2.24, 2.45) is 11.7 Å². The fourth-order valence-corrected chi connectivity index (χ4v) is 2.17. The number of aromatic carboxylic acids is 1. The molecule has 0 aliphatic rings. The molecule has 1 atom stereocenters. The van der Waals surface area contributed by atoms with Crippen molar-refractivity contribution in [3.05, 3.63) is 59.7 Å². The molecule has 2 aromatic rings. The Morgan fingerprint density at radius 3 is 2.33 bits per heavy atom. The Labute approximate surface area is 125 Å². The van der Waals surface area contributed by atoms with E-state index in [0.717, 1.165) is 17.5 Å². The van der Waals surface area contributed by atoms with E-state index in [-0.39, 0.29) is 6.04 Å². The lowest BCUT2D eigenvalue weighted by atomic mass is 9.95. The lowest BCUT2D eigenvalue weighted by Gasteiger charge is -2.15.